The van der Waals surface area contributed by atoms with Crippen molar-refractivity contribution in [1.82, 2.24) is 10.6 Å². The summed E-state index contributed by atoms with van der Waals surface area (Å²) in [6.07, 6.45) is 6.64. The van der Waals surface area contributed by atoms with Crippen molar-refractivity contribution in [2.45, 2.75) is 49.9 Å². The number of hydrogen-bond donors (Lipinski definition) is 2. The highest BCUT2D eigenvalue weighted by atomic mass is 32.2. The first-order valence-corrected chi connectivity index (χ1v) is 9.63. The smallest absolute Gasteiger partial charge is 0.191 e. The zero-order valence-corrected chi connectivity index (χ0v) is 15.1. The Bertz CT molecular complexity index is 364. The third-order valence-corrected chi connectivity index (χ3v) is 6.05. The van der Waals surface area contributed by atoms with Crippen LogP contribution >= 0.6 is 11.8 Å². The average Bonchev–Trinajstić information content (AvgIpc) is 2.98. The Balaban J connectivity index is 1.89. The number of nitrogens with zero attached hydrogens (tertiary/aromatic N) is 1. The van der Waals surface area contributed by atoms with Crippen molar-refractivity contribution in [1.29, 1.82) is 0 Å². The molecule has 0 bridgehead atoms. The van der Waals surface area contributed by atoms with Crippen LogP contribution in [-0.2, 0) is 9.47 Å². The number of nitrogens with one attached hydrogen (secondary N) is 2. The van der Waals surface area contributed by atoms with Gasteiger partial charge in [0.05, 0.1) is 12.1 Å². The van der Waals surface area contributed by atoms with Crippen LogP contribution in [0.3, 0.4) is 0 Å². The molecule has 5 nitrogen and oxygen atoms in total. The lowest BCUT2D eigenvalue weighted by atomic mass is 9.99. The van der Waals surface area contributed by atoms with Crippen LogP contribution in [0.25, 0.3) is 0 Å². The second kappa shape index (κ2) is 8.41. The van der Waals surface area contributed by atoms with Crippen LogP contribution in [0.5, 0.6) is 0 Å². The Kier molecular flexibility index (Phi) is 6.84. The minimum atomic E-state index is -0.0851. The number of rotatable bonds is 6. The number of ether oxygens (including phenoxy) is 2. The summed E-state index contributed by atoms with van der Waals surface area (Å²) in [7, 11) is 0. The van der Waals surface area contributed by atoms with Crippen molar-refractivity contribution in [2.24, 2.45) is 4.99 Å². The lowest BCUT2D eigenvalue weighted by Gasteiger charge is -2.36. The van der Waals surface area contributed by atoms with Crippen molar-refractivity contribution >= 4 is 17.7 Å². The second-order valence-corrected chi connectivity index (χ2v) is 7.72. The first-order valence-electron chi connectivity index (χ1n) is 8.40. The maximum Gasteiger partial charge on any atom is 0.191 e. The minimum absolute atomic E-state index is 0.0851. The molecule has 2 rings (SSSR count). The van der Waals surface area contributed by atoms with Crippen molar-refractivity contribution < 1.29 is 9.47 Å². The van der Waals surface area contributed by atoms with Crippen LogP contribution in [0, 0.1) is 0 Å². The molecule has 22 heavy (non-hydrogen) atoms. The van der Waals surface area contributed by atoms with Gasteiger partial charge in [0.15, 0.2) is 5.96 Å². The number of guanidine groups is 1. The van der Waals surface area contributed by atoms with Crippen LogP contribution in [-0.4, -0.2) is 62.0 Å². The highest BCUT2D eigenvalue weighted by Crippen LogP contribution is 2.33. The maximum atomic E-state index is 5.82. The van der Waals surface area contributed by atoms with Crippen molar-refractivity contribution in [3.8, 4) is 0 Å². The van der Waals surface area contributed by atoms with E-state index in [2.05, 4.69) is 30.7 Å². The molecule has 0 spiro atoms. The van der Waals surface area contributed by atoms with Crippen molar-refractivity contribution in [3.63, 3.8) is 0 Å². The summed E-state index contributed by atoms with van der Waals surface area (Å²) < 4.78 is 11.6. The van der Waals surface area contributed by atoms with Crippen LogP contribution in [0.15, 0.2) is 4.99 Å². The van der Waals surface area contributed by atoms with E-state index < -0.39 is 0 Å². The Hall–Kier alpha value is -0.460. The molecule has 2 aliphatic rings. The van der Waals surface area contributed by atoms with E-state index >= 15 is 0 Å². The molecule has 2 saturated heterocycles. The molecule has 0 aromatic carbocycles. The molecule has 128 valence electrons. The first-order chi connectivity index (χ1) is 10.6. The summed E-state index contributed by atoms with van der Waals surface area (Å²) in [6.45, 7) is 9.38. The van der Waals surface area contributed by atoms with Gasteiger partial charge in [0.2, 0.25) is 0 Å². The fourth-order valence-corrected chi connectivity index (χ4v) is 3.78. The van der Waals surface area contributed by atoms with Crippen LogP contribution in [0.1, 0.15) is 39.5 Å². The molecule has 6 heteroatoms. The SMILES string of the molecule is CCNC(=NCC1(C)CCCO1)NCC1(SC)CCOCC1. The van der Waals surface area contributed by atoms with Gasteiger partial charge in [-0.05, 0) is 45.8 Å². The summed E-state index contributed by atoms with van der Waals surface area (Å²) in [5.41, 5.74) is -0.0851. The van der Waals surface area contributed by atoms with E-state index in [4.69, 9.17) is 14.5 Å². The maximum absolute atomic E-state index is 5.82. The molecule has 0 aromatic rings. The molecule has 0 aliphatic carbocycles. The third-order valence-electron chi connectivity index (χ3n) is 4.63. The molecular weight excluding hydrogens is 298 g/mol. The van der Waals surface area contributed by atoms with Crippen molar-refractivity contribution in [3.05, 3.63) is 0 Å². The summed E-state index contributed by atoms with van der Waals surface area (Å²) in [5.74, 6) is 0.902. The number of hydrogen-bond acceptors (Lipinski definition) is 4. The van der Waals surface area contributed by atoms with E-state index in [-0.39, 0.29) is 10.3 Å². The van der Waals surface area contributed by atoms with Gasteiger partial charge < -0.3 is 20.1 Å². The van der Waals surface area contributed by atoms with E-state index in [0.29, 0.717) is 0 Å². The minimum Gasteiger partial charge on any atom is -0.381 e. The average molecular weight is 330 g/mol. The van der Waals surface area contributed by atoms with Gasteiger partial charge in [0, 0.05) is 37.7 Å². The highest BCUT2D eigenvalue weighted by molar-refractivity contribution is 8.00. The Labute approximate surface area is 139 Å². The molecule has 0 amide bonds. The predicted octanol–water partition coefficient (Wildman–Crippen LogP) is 2.02. The zero-order chi connectivity index (χ0) is 15.9. The number of aliphatic imine (C=N–C) groups is 1. The summed E-state index contributed by atoms with van der Waals surface area (Å²) in [5, 5.41) is 6.88. The van der Waals surface area contributed by atoms with Crippen LogP contribution in [0.2, 0.25) is 0 Å². The molecular formula is C16H31N3O2S. The molecule has 1 unspecified atom stereocenters. The van der Waals surface area contributed by atoms with Crippen molar-refractivity contribution in [2.75, 3.05) is 45.7 Å². The van der Waals surface area contributed by atoms with Crippen LogP contribution in [0.4, 0.5) is 0 Å². The fraction of sp³-hybridized carbons (Fsp3) is 0.938. The van der Waals surface area contributed by atoms with Gasteiger partial charge in [-0.15, -0.1) is 0 Å². The summed E-state index contributed by atoms with van der Waals surface area (Å²) >= 11 is 1.95. The van der Waals surface area contributed by atoms with E-state index in [1.165, 1.54) is 0 Å². The van der Waals surface area contributed by atoms with Gasteiger partial charge in [-0.1, -0.05) is 0 Å². The quantitative estimate of drug-likeness (QED) is 0.577. The van der Waals surface area contributed by atoms with Gasteiger partial charge >= 0.3 is 0 Å². The lowest BCUT2D eigenvalue weighted by Crippen LogP contribution is -2.48. The lowest BCUT2D eigenvalue weighted by molar-refractivity contribution is 0.0283. The van der Waals surface area contributed by atoms with Gasteiger partial charge in [-0.2, -0.15) is 11.8 Å². The van der Waals surface area contributed by atoms with E-state index in [1.807, 2.05) is 11.8 Å². The fourth-order valence-electron chi connectivity index (χ4n) is 2.99. The molecule has 0 aromatic heterocycles. The highest BCUT2D eigenvalue weighted by Gasteiger charge is 2.32. The molecule has 2 heterocycles. The topological polar surface area (TPSA) is 54.9 Å². The third kappa shape index (κ3) is 5.03. The molecule has 2 aliphatic heterocycles. The summed E-state index contributed by atoms with van der Waals surface area (Å²) in [6, 6.07) is 0. The largest absolute Gasteiger partial charge is 0.381 e. The standard InChI is InChI=1S/C16H31N3O2S/c1-4-17-14(18-12-15(2)6-5-9-21-15)19-13-16(22-3)7-10-20-11-8-16/h4-13H2,1-3H3,(H2,17,18,19). The van der Waals surface area contributed by atoms with E-state index in [9.17, 15) is 0 Å². The molecule has 0 radical (unpaired) electrons. The monoisotopic (exact) mass is 329 g/mol. The van der Waals surface area contributed by atoms with Gasteiger partial charge in [0.25, 0.3) is 0 Å². The predicted molar refractivity (Wildman–Crippen MR) is 93.9 cm³/mol. The van der Waals surface area contributed by atoms with Gasteiger partial charge in [-0.25, -0.2) is 0 Å². The van der Waals surface area contributed by atoms with E-state index in [0.717, 1.165) is 71.1 Å². The Morgan fingerprint density at radius 3 is 2.55 bits per heavy atom. The van der Waals surface area contributed by atoms with Gasteiger partial charge in [0.1, 0.15) is 0 Å². The Morgan fingerprint density at radius 1 is 1.18 bits per heavy atom. The molecule has 1 atom stereocenters. The number of thioether (sulfide) groups is 1. The second-order valence-electron chi connectivity index (χ2n) is 6.45. The zero-order valence-electron chi connectivity index (χ0n) is 14.2. The normalized spacial score (nSPS) is 28.6. The van der Waals surface area contributed by atoms with E-state index in [1.54, 1.807) is 0 Å². The molecule has 2 N–H and O–H groups in total. The first kappa shape index (κ1) is 17.9. The van der Waals surface area contributed by atoms with Crippen LogP contribution < -0.4 is 10.6 Å². The molecule has 0 saturated carbocycles. The summed E-state index contributed by atoms with van der Waals surface area (Å²) in [4.78, 5) is 4.75. The van der Waals surface area contributed by atoms with Gasteiger partial charge in [-0.3, -0.25) is 4.99 Å². The Morgan fingerprint density at radius 2 is 1.95 bits per heavy atom. The molecule has 2 fully saturated rings.